The highest BCUT2D eigenvalue weighted by Crippen LogP contribution is 2.44. The minimum absolute atomic E-state index is 0.176. The standard InChI is InChI=1S/C13H12ClNO4S/c1-6-3-9-11(12-10(6)15-13(14)20-12)18-5-8(19-9)4-17-7(2)16/h3,8H,4-5H2,1-2H3/t8-/m0/s1. The van der Waals surface area contributed by atoms with E-state index in [0.717, 1.165) is 15.8 Å². The molecule has 0 saturated carbocycles. The molecule has 0 radical (unpaired) electrons. The Balaban J connectivity index is 1.92. The van der Waals surface area contributed by atoms with Crippen LogP contribution in [-0.4, -0.2) is 30.3 Å². The molecule has 7 heteroatoms. The van der Waals surface area contributed by atoms with Gasteiger partial charge in [0.25, 0.3) is 0 Å². The number of thiazole rings is 1. The zero-order chi connectivity index (χ0) is 14.3. The molecule has 2 aromatic rings. The van der Waals surface area contributed by atoms with Crippen LogP contribution in [0.1, 0.15) is 12.5 Å². The van der Waals surface area contributed by atoms with E-state index in [1.54, 1.807) is 0 Å². The number of carbonyl (C=O) groups excluding carboxylic acids is 1. The molecule has 1 atom stereocenters. The summed E-state index contributed by atoms with van der Waals surface area (Å²) in [4.78, 5) is 15.1. The minimum Gasteiger partial charge on any atom is -0.484 e. The number of hydrogen-bond acceptors (Lipinski definition) is 6. The maximum Gasteiger partial charge on any atom is 0.302 e. The number of aromatic nitrogens is 1. The number of esters is 1. The first-order valence-corrected chi connectivity index (χ1v) is 7.26. The van der Waals surface area contributed by atoms with Gasteiger partial charge in [0.05, 0.1) is 5.52 Å². The van der Waals surface area contributed by atoms with Gasteiger partial charge >= 0.3 is 5.97 Å². The summed E-state index contributed by atoms with van der Waals surface area (Å²) in [6, 6.07) is 1.87. The van der Waals surface area contributed by atoms with Crippen molar-refractivity contribution in [2.24, 2.45) is 0 Å². The molecule has 5 nitrogen and oxygen atoms in total. The summed E-state index contributed by atoms with van der Waals surface area (Å²) in [5.41, 5.74) is 1.81. The number of ether oxygens (including phenoxy) is 3. The van der Waals surface area contributed by atoms with E-state index in [0.29, 0.717) is 22.6 Å². The molecule has 2 heterocycles. The second-order valence-electron chi connectivity index (χ2n) is 4.52. The Hall–Kier alpha value is -1.53. The molecule has 0 amide bonds. The Morgan fingerprint density at radius 1 is 1.65 bits per heavy atom. The van der Waals surface area contributed by atoms with Gasteiger partial charge in [-0.3, -0.25) is 4.79 Å². The third-order valence-corrected chi connectivity index (χ3v) is 4.09. The van der Waals surface area contributed by atoms with Crippen molar-refractivity contribution in [3.63, 3.8) is 0 Å². The summed E-state index contributed by atoms with van der Waals surface area (Å²) in [5.74, 6) is 0.966. The van der Waals surface area contributed by atoms with E-state index >= 15 is 0 Å². The van der Waals surface area contributed by atoms with Crippen LogP contribution in [0.3, 0.4) is 0 Å². The Morgan fingerprint density at radius 2 is 2.45 bits per heavy atom. The lowest BCUT2D eigenvalue weighted by molar-refractivity contribution is -0.144. The SMILES string of the molecule is CC(=O)OC[C@H]1COc2c(cc(C)c3nc(Cl)sc23)O1. The predicted molar refractivity (Wildman–Crippen MR) is 75.9 cm³/mol. The summed E-state index contributed by atoms with van der Waals surface area (Å²) in [5, 5.41) is 0. The Morgan fingerprint density at radius 3 is 3.20 bits per heavy atom. The second-order valence-corrected chi connectivity index (χ2v) is 6.10. The molecule has 1 aromatic carbocycles. The lowest BCUT2D eigenvalue weighted by Gasteiger charge is -2.26. The number of carbonyl (C=O) groups is 1. The van der Waals surface area contributed by atoms with E-state index in [1.807, 2.05) is 13.0 Å². The molecule has 0 spiro atoms. The van der Waals surface area contributed by atoms with Crippen molar-refractivity contribution in [2.45, 2.75) is 20.0 Å². The largest absolute Gasteiger partial charge is 0.484 e. The highest BCUT2D eigenvalue weighted by atomic mass is 35.5. The van der Waals surface area contributed by atoms with Crippen molar-refractivity contribution < 1.29 is 19.0 Å². The van der Waals surface area contributed by atoms with E-state index in [9.17, 15) is 4.79 Å². The van der Waals surface area contributed by atoms with Crippen LogP contribution < -0.4 is 9.47 Å². The van der Waals surface area contributed by atoms with Gasteiger partial charge in [-0.15, -0.1) is 0 Å². The lowest BCUT2D eigenvalue weighted by Crippen LogP contribution is -2.34. The van der Waals surface area contributed by atoms with Gasteiger partial charge in [0, 0.05) is 6.92 Å². The molecule has 0 saturated heterocycles. The van der Waals surface area contributed by atoms with Crippen LogP contribution >= 0.6 is 22.9 Å². The second kappa shape index (κ2) is 5.10. The first-order chi connectivity index (χ1) is 9.54. The van der Waals surface area contributed by atoms with E-state index < -0.39 is 0 Å². The minimum atomic E-state index is -0.333. The number of fused-ring (bicyclic) bond motifs is 3. The van der Waals surface area contributed by atoms with Gasteiger partial charge in [-0.25, -0.2) is 4.98 Å². The van der Waals surface area contributed by atoms with Gasteiger partial charge in [0.1, 0.15) is 17.9 Å². The maximum absolute atomic E-state index is 10.8. The molecule has 0 aliphatic carbocycles. The molecule has 0 fully saturated rings. The van der Waals surface area contributed by atoms with Crippen molar-refractivity contribution in [1.29, 1.82) is 0 Å². The van der Waals surface area contributed by atoms with Crippen molar-refractivity contribution in [1.82, 2.24) is 4.98 Å². The number of halogens is 1. The first kappa shape index (κ1) is 13.5. The molecule has 106 valence electrons. The van der Waals surface area contributed by atoms with Crippen LogP contribution in [0, 0.1) is 6.92 Å². The number of aryl methyl sites for hydroxylation is 1. The van der Waals surface area contributed by atoms with Crippen LogP contribution in [-0.2, 0) is 9.53 Å². The molecule has 1 aliphatic heterocycles. The van der Waals surface area contributed by atoms with Gasteiger partial charge in [0.2, 0.25) is 0 Å². The van der Waals surface area contributed by atoms with Crippen LogP contribution in [0.5, 0.6) is 11.5 Å². The smallest absolute Gasteiger partial charge is 0.302 e. The first-order valence-electron chi connectivity index (χ1n) is 6.07. The summed E-state index contributed by atoms with van der Waals surface area (Å²) >= 11 is 7.33. The van der Waals surface area contributed by atoms with Crippen molar-refractivity contribution in [3.8, 4) is 11.5 Å². The molecular formula is C13H12ClNO4S. The van der Waals surface area contributed by atoms with Gasteiger partial charge < -0.3 is 14.2 Å². The number of nitrogens with zero attached hydrogens (tertiary/aromatic N) is 1. The summed E-state index contributed by atoms with van der Waals surface area (Å²) in [7, 11) is 0. The molecule has 1 aliphatic rings. The Bertz CT molecular complexity index is 685. The maximum atomic E-state index is 10.8. The summed E-state index contributed by atoms with van der Waals surface area (Å²) < 4.78 is 17.9. The fourth-order valence-corrected chi connectivity index (χ4v) is 3.24. The monoisotopic (exact) mass is 313 g/mol. The van der Waals surface area contributed by atoms with Gasteiger partial charge in [-0.05, 0) is 18.6 Å². The summed E-state index contributed by atoms with van der Waals surface area (Å²) in [6.45, 7) is 3.81. The van der Waals surface area contributed by atoms with E-state index in [2.05, 4.69) is 4.98 Å². The molecule has 3 rings (SSSR count). The number of hydrogen-bond donors (Lipinski definition) is 0. The Labute approximate surface area is 124 Å². The Kier molecular flexibility index (Phi) is 3.43. The van der Waals surface area contributed by atoms with Crippen LogP contribution in [0.4, 0.5) is 0 Å². The quantitative estimate of drug-likeness (QED) is 0.798. The lowest BCUT2D eigenvalue weighted by atomic mass is 10.2. The van der Waals surface area contributed by atoms with Crippen LogP contribution in [0.25, 0.3) is 10.2 Å². The number of benzene rings is 1. The normalized spacial score (nSPS) is 17.2. The molecule has 20 heavy (non-hydrogen) atoms. The third kappa shape index (κ3) is 2.41. The molecule has 0 bridgehead atoms. The molecular weight excluding hydrogens is 302 g/mol. The highest BCUT2D eigenvalue weighted by Gasteiger charge is 2.26. The molecule has 0 unspecified atom stereocenters. The van der Waals surface area contributed by atoms with Crippen molar-refractivity contribution in [2.75, 3.05) is 13.2 Å². The molecule has 0 N–H and O–H groups in total. The van der Waals surface area contributed by atoms with Gasteiger partial charge in [0.15, 0.2) is 22.1 Å². The van der Waals surface area contributed by atoms with Crippen molar-refractivity contribution in [3.05, 3.63) is 16.1 Å². The zero-order valence-electron chi connectivity index (χ0n) is 10.9. The van der Waals surface area contributed by atoms with E-state index in [-0.39, 0.29) is 18.7 Å². The summed E-state index contributed by atoms with van der Waals surface area (Å²) in [6.07, 6.45) is -0.299. The third-order valence-electron chi connectivity index (χ3n) is 2.93. The molecule has 1 aromatic heterocycles. The average molecular weight is 314 g/mol. The van der Waals surface area contributed by atoms with Gasteiger partial charge in [-0.1, -0.05) is 22.9 Å². The highest BCUT2D eigenvalue weighted by molar-refractivity contribution is 7.22. The van der Waals surface area contributed by atoms with E-state index in [4.69, 9.17) is 25.8 Å². The fraction of sp³-hybridized carbons (Fsp3) is 0.385. The van der Waals surface area contributed by atoms with Crippen molar-refractivity contribution >= 4 is 39.1 Å². The topological polar surface area (TPSA) is 57.7 Å². The predicted octanol–water partition coefficient (Wildman–Crippen LogP) is 2.96. The fourth-order valence-electron chi connectivity index (χ4n) is 2.06. The number of rotatable bonds is 2. The zero-order valence-corrected chi connectivity index (χ0v) is 12.5. The van der Waals surface area contributed by atoms with Gasteiger partial charge in [-0.2, -0.15) is 0 Å². The average Bonchev–Trinajstić information content (AvgIpc) is 2.78. The van der Waals surface area contributed by atoms with Crippen LogP contribution in [0.15, 0.2) is 6.07 Å². The van der Waals surface area contributed by atoms with E-state index in [1.165, 1.54) is 18.3 Å². The van der Waals surface area contributed by atoms with Crippen LogP contribution in [0.2, 0.25) is 4.47 Å².